The van der Waals surface area contributed by atoms with Gasteiger partial charge in [0.15, 0.2) is 5.13 Å². The third-order valence-electron chi connectivity index (χ3n) is 6.23. The number of ketones is 1. The molecule has 0 spiro atoms. The molecule has 0 radical (unpaired) electrons. The van der Waals surface area contributed by atoms with Gasteiger partial charge in [0.05, 0.1) is 39.7 Å². The van der Waals surface area contributed by atoms with E-state index in [1.54, 1.807) is 50.2 Å². The van der Waals surface area contributed by atoms with E-state index in [0.717, 1.165) is 16.2 Å². The Morgan fingerprint density at radius 1 is 0.974 bits per heavy atom. The molecule has 0 aliphatic carbocycles. The molecule has 1 atom stereocenters. The second-order valence-corrected chi connectivity index (χ2v) is 9.34. The Balaban J connectivity index is 2.02. The molecule has 11 heteroatoms. The van der Waals surface area contributed by atoms with E-state index < -0.39 is 23.7 Å². The summed E-state index contributed by atoms with van der Waals surface area (Å²) in [5, 5.41) is 11.6. The molecule has 1 N–H and O–H groups in total. The fourth-order valence-corrected chi connectivity index (χ4v) is 5.33. The molecule has 38 heavy (non-hydrogen) atoms. The molecule has 1 aliphatic heterocycles. The summed E-state index contributed by atoms with van der Waals surface area (Å²) in [6.45, 7) is 3.35. The number of amides is 1. The van der Waals surface area contributed by atoms with E-state index in [1.165, 1.54) is 28.4 Å². The Bertz CT molecular complexity index is 1480. The number of thiazole rings is 1. The van der Waals surface area contributed by atoms with Crippen LogP contribution in [0.25, 0.3) is 5.76 Å². The Morgan fingerprint density at radius 3 is 2.24 bits per heavy atom. The number of rotatable bonds is 7. The number of hydrogen-bond donors (Lipinski definition) is 1. The Labute approximate surface area is 223 Å². The average Bonchev–Trinajstić information content (AvgIpc) is 3.43. The number of carbonyl (C=O) groups is 3. The number of aryl methyl sites for hydroxylation is 2. The number of aromatic nitrogens is 1. The fraction of sp³-hybridized carbons (Fsp3) is 0.259. The van der Waals surface area contributed by atoms with Crippen LogP contribution in [0.3, 0.4) is 0 Å². The van der Waals surface area contributed by atoms with Crippen molar-refractivity contribution in [2.75, 3.05) is 33.3 Å². The van der Waals surface area contributed by atoms with Crippen LogP contribution in [0.1, 0.15) is 38.1 Å². The Kier molecular flexibility index (Phi) is 7.40. The zero-order chi connectivity index (χ0) is 27.7. The maximum atomic E-state index is 13.5. The highest BCUT2D eigenvalue weighted by molar-refractivity contribution is 7.17. The van der Waals surface area contributed by atoms with E-state index in [1.807, 2.05) is 0 Å². The highest BCUT2D eigenvalue weighted by atomic mass is 32.1. The molecule has 4 rings (SSSR count). The molecular formula is C27H26N2O8S. The van der Waals surface area contributed by atoms with Crippen molar-refractivity contribution in [3.05, 3.63) is 69.2 Å². The summed E-state index contributed by atoms with van der Waals surface area (Å²) in [6, 6.07) is 8.76. The van der Waals surface area contributed by atoms with Crippen LogP contribution in [0.5, 0.6) is 17.2 Å². The van der Waals surface area contributed by atoms with Gasteiger partial charge in [-0.15, -0.1) is 0 Å². The molecule has 0 saturated carbocycles. The van der Waals surface area contributed by atoms with Gasteiger partial charge in [0.1, 0.15) is 33.9 Å². The largest absolute Gasteiger partial charge is 0.507 e. The fourth-order valence-electron chi connectivity index (χ4n) is 4.32. The van der Waals surface area contributed by atoms with Crippen LogP contribution < -0.4 is 19.1 Å². The van der Waals surface area contributed by atoms with Gasteiger partial charge in [-0.2, -0.15) is 0 Å². The second kappa shape index (κ2) is 10.5. The normalized spacial score (nSPS) is 16.5. The van der Waals surface area contributed by atoms with Crippen LogP contribution in [-0.2, 0) is 14.3 Å². The van der Waals surface area contributed by atoms with Crippen molar-refractivity contribution >= 4 is 39.9 Å². The lowest BCUT2D eigenvalue weighted by atomic mass is 9.93. The SMILES string of the molecule is COC(=O)c1sc(N2C(=O)C(=O)C(=C(O)c3ccc(OC)cc3C)[C@H]2c2cc(OC)ccc2OC)nc1C. The maximum absolute atomic E-state index is 13.5. The molecule has 198 valence electrons. The number of carbonyl (C=O) groups excluding carboxylic acids is 3. The van der Waals surface area contributed by atoms with Crippen molar-refractivity contribution in [1.82, 2.24) is 4.98 Å². The molecule has 1 saturated heterocycles. The number of hydrogen-bond acceptors (Lipinski definition) is 10. The first-order chi connectivity index (χ1) is 18.2. The minimum Gasteiger partial charge on any atom is -0.507 e. The van der Waals surface area contributed by atoms with Crippen LogP contribution in [0, 0.1) is 13.8 Å². The molecule has 1 fully saturated rings. The summed E-state index contributed by atoms with van der Waals surface area (Å²) in [5.41, 5.74) is 1.53. The topological polar surface area (TPSA) is 124 Å². The number of methoxy groups -OCH3 is 4. The third-order valence-corrected chi connectivity index (χ3v) is 7.36. The first-order valence-corrected chi connectivity index (χ1v) is 12.2. The van der Waals surface area contributed by atoms with E-state index in [4.69, 9.17) is 18.9 Å². The Morgan fingerprint density at radius 2 is 1.63 bits per heavy atom. The van der Waals surface area contributed by atoms with Gasteiger partial charge in [-0.3, -0.25) is 14.5 Å². The predicted octanol–water partition coefficient (Wildman–Crippen LogP) is 4.20. The van der Waals surface area contributed by atoms with Gasteiger partial charge in [0.2, 0.25) is 0 Å². The van der Waals surface area contributed by atoms with Gasteiger partial charge >= 0.3 is 11.9 Å². The minimum atomic E-state index is -1.14. The number of ether oxygens (including phenoxy) is 4. The number of Topliss-reactive ketones (excluding diaryl/α,β-unsaturated/α-hetero) is 1. The maximum Gasteiger partial charge on any atom is 0.350 e. The van der Waals surface area contributed by atoms with Crippen LogP contribution in [0.4, 0.5) is 5.13 Å². The van der Waals surface area contributed by atoms with E-state index in [0.29, 0.717) is 39.6 Å². The van der Waals surface area contributed by atoms with E-state index in [9.17, 15) is 19.5 Å². The zero-order valence-electron chi connectivity index (χ0n) is 21.6. The number of aliphatic hydroxyl groups excluding tert-OH is 1. The second-order valence-electron chi connectivity index (χ2n) is 8.36. The van der Waals surface area contributed by atoms with Gasteiger partial charge in [-0.05, 0) is 55.8 Å². The summed E-state index contributed by atoms with van der Waals surface area (Å²) in [6.07, 6.45) is 0. The van der Waals surface area contributed by atoms with Gasteiger partial charge in [-0.1, -0.05) is 11.3 Å². The highest BCUT2D eigenvalue weighted by Gasteiger charge is 2.49. The van der Waals surface area contributed by atoms with Crippen molar-refractivity contribution in [2.24, 2.45) is 0 Å². The summed E-state index contributed by atoms with van der Waals surface area (Å²) >= 11 is 0.909. The molecule has 1 amide bonds. The number of benzene rings is 2. The van der Waals surface area contributed by atoms with Crippen molar-refractivity contribution < 1.29 is 38.4 Å². The summed E-state index contributed by atoms with van der Waals surface area (Å²) in [5.74, 6) is -1.47. The monoisotopic (exact) mass is 538 g/mol. The summed E-state index contributed by atoms with van der Waals surface area (Å²) in [7, 11) is 5.70. The third kappa shape index (κ3) is 4.45. The zero-order valence-corrected chi connectivity index (χ0v) is 22.5. The van der Waals surface area contributed by atoms with Gasteiger partial charge < -0.3 is 24.1 Å². The van der Waals surface area contributed by atoms with Gasteiger partial charge in [-0.25, -0.2) is 9.78 Å². The summed E-state index contributed by atoms with van der Waals surface area (Å²) < 4.78 is 21.0. The average molecular weight is 539 g/mol. The lowest BCUT2D eigenvalue weighted by molar-refractivity contribution is -0.132. The van der Waals surface area contributed by atoms with Gasteiger partial charge in [0.25, 0.3) is 5.78 Å². The highest BCUT2D eigenvalue weighted by Crippen LogP contribution is 2.47. The summed E-state index contributed by atoms with van der Waals surface area (Å²) in [4.78, 5) is 45.1. The smallest absolute Gasteiger partial charge is 0.350 e. The molecule has 3 aromatic rings. The molecule has 1 aromatic heterocycles. The molecule has 1 aliphatic rings. The van der Waals surface area contributed by atoms with Crippen molar-refractivity contribution in [1.29, 1.82) is 0 Å². The van der Waals surface area contributed by atoms with Crippen LogP contribution >= 0.6 is 11.3 Å². The molecule has 2 aromatic carbocycles. The van der Waals surface area contributed by atoms with Crippen molar-refractivity contribution in [3.63, 3.8) is 0 Å². The lowest BCUT2D eigenvalue weighted by Crippen LogP contribution is -2.29. The Hall–Kier alpha value is -4.38. The van der Waals surface area contributed by atoms with E-state index in [-0.39, 0.29) is 21.3 Å². The number of aliphatic hydroxyl groups is 1. The number of nitrogens with zero attached hydrogens (tertiary/aromatic N) is 2. The first kappa shape index (κ1) is 26.7. The number of anilines is 1. The van der Waals surface area contributed by atoms with Crippen molar-refractivity contribution in [2.45, 2.75) is 19.9 Å². The van der Waals surface area contributed by atoms with Crippen LogP contribution in [0.2, 0.25) is 0 Å². The van der Waals surface area contributed by atoms with Crippen LogP contribution in [0.15, 0.2) is 42.0 Å². The van der Waals surface area contributed by atoms with Crippen LogP contribution in [-0.4, -0.2) is 56.2 Å². The quantitative estimate of drug-likeness (QED) is 0.204. The van der Waals surface area contributed by atoms with Gasteiger partial charge in [0, 0.05) is 11.1 Å². The predicted molar refractivity (Wildman–Crippen MR) is 140 cm³/mol. The van der Waals surface area contributed by atoms with E-state index >= 15 is 0 Å². The molecular weight excluding hydrogens is 512 g/mol. The van der Waals surface area contributed by atoms with E-state index in [2.05, 4.69) is 4.98 Å². The molecule has 0 bridgehead atoms. The lowest BCUT2D eigenvalue weighted by Gasteiger charge is -2.25. The van der Waals surface area contributed by atoms with Crippen molar-refractivity contribution in [3.8, 4) is 17.2 Å². The minimum absolute atomic E-state index is 0.0883. The number of esters is 1. The molecule has 0 unspecified atom stereocenters. The molecule has 10 nitrogen and oxygen atoms in total. The molecule has 2 heterocycles. The first-order valence-electron chi connectivity index (χ1n) is 11.4. The standard InChI is InChI=1S/C27H26N2O8S/c1-13-11-15(34-3)7-9-17(13)22(30)20-21(18-12-16(35-4)8-10-19(18)36-5)29(25(32)23(20)31)27-28-14(2)24(38-27)26(33)37-6/h7-12,21,30H,1-6H3/t21-/m1/s1.